The van der Waals surface area contributed by atoms with Crippen molar-refractivity contribution >= 4 is 0 Å². The van der Waals surface area contributed by atoms with Crippen LogP contribution in [0.5, 0.6) is 5.75 Å². The first-order valence-electron chi connectivity index (χ1n) is 7.87. The van der Waals surface area contributed by atoms with E-state index in [-0.39, 0.29) is 0 Å². The molecule has 0 amide bonds. The minimum atomic E-state index is 0.376. The second kappa shape index (κ2) is 5.19. The van der Waals surface area contributed by atoms with E-state index in [1.54, 1.807) is 6.07 Å². The van der Waals surface area contributed by atoms with Gasteiger partial charge in [0.15, 0.2) is 0 Å². The minimum absolute atomic E-state index is 0.376. The zero-order valence-electron chi connectivity index (χ0n) is 12.1. The van der Waals surface area contributed by atoms with Gasteiger partial charge in [-0.3, -0.25) is 0 Å². The van der Waals surface area contributed by atoms with Crippen molar-refractivity contribution in [1.82, 2.24) is 14.9 Å². The SMILES string of the molecule is Oc1cccc2c1CCC2NC1CCCC1n1ccnc1. The summed E-state index contributed by atoms with van der Waals surface area (Å²) in [5.41, 5.74) is 2.42. The van der Waals surface area contributed by atoms with Gasteiger partial charge in [0.05, 0.1) is 6.33 Å². The molecule has 0 spiro atoms. The van der Waals surface area contributed by atoms with Crippen LogP contribution >= 0.6 is 0 Å². The van der Waals surface area contributed by atoms with E-state index in [0.29, 0.717) is 23.9 Å². The molecule has 1 heterocycles. The lowest BCUT2D eigenvalue weighted by Gasteiger charge is -2.26. The molecule has 1 saturated carbocycles. The molecular formula is C17H21N3O. The molecule has 4 heteroatoms. The van der Waals surface area contributed by atoms with Gasteiger partial charge >= 0.3 is 0 Å². The Hall–Kier alpha value is -1.81. The number of aromatic nitrogens is 2. The fraction of sp³-hybridized carbons (Fsp3) is 0.471. The monoisotopic (exact) mass is 283 g/mol. The van der Waals surface area contributed by atoms with Crippen LogP contribution in [0.2, 0.25) is 0 Å². The van der Waals surface area contributed by atoms with E-state index >= 15 is 0 Å². The summed E-state index contributed by atoms with van der Waals surface area (Å²) in [4.78, 5) is 4.18. The Labute approximate surface area is 124 Å². The Kier molecular flexibility index (Phi) is 3.19. The van der Waals surface area contributed by atoms with E-state index in [2.05, 4.69) is 27.1 Å². The van der Waals surface area contributed by atoms with Gasteiger partial charge in [0, 0.05) is 30.5 Å². The fourth-order valence-electron chi connectivity index (χ4n) is 4.02. The van der Waals surface area contributed by atoms with E-state index in [9.17, 15) is 5.11 Å². The molecule has 0 radical (unpaired) electrons. The number of hydrogen-bond acceptors (Lipinski definition) is 3. The summed E-state index contributed by atoms with van der Waals surface area (Å²) >= 11 is 0. The highest BCUT2D eigenvalue weighted by molar-refractivity contribution is 5.44. The topological polar surface area (TPSA) is 50.1 Å². The molecule has 2 aliphatic rings. The van der Waals surface area contributed by atoms with E-state index < -0.39 is 0 Å². The van der Waals surface area contributed by atoms with E-state index in [4.69, 9.17) is 0 Å². The van der Waals surface area contributed by atoms with Gasteiger partial charge in [-0.2, -0.15) is 0 Å². The average Bonchev–Trinajstić information content (AvgIpc) is 3.20. The Bertz CT molecular complexity index is 623. The number of phenols is 1. The van der Waals surface area contributed by atoms with E-state index in [0.717, 1.165) is 18.4 Å². The molecule has 0 aliphatic heterocycles. The van der Waals surface area contributed by atoms with Crippen LogP contribution < -0.4 is 5.32 Å². The third-order valence-electron chi connectivity index (χ3n) is 5.05. The standard InChI is InChI=1S/C17H21N3O/c21-17-6-1-3-12-13(17)7-8-14(12)19-15-4-2-5-16(15)20-10-9-18-11-20/h1,3,6,9-11,14-16,19,21H,2,4-5,7-8H2. The number of nitrogens with zero attached hydrogens (tertiary/aromatic N) is 2. The highest BCUT2D eigenvalue weighted by atomic mass is 16.3. The average molecular weight is 283 g/mol. The van der Waals surface area contributed by atoms with Crippen LogP contribution in [0.4, 0.5) is 0 Å². The summed E-state index contributed by atoms with van der Waals surface area (Å²) in [6, 6.07) is 7.29. The Morgan fingerprint density at radius 3 is 3.05 bits per heavy atom. The van der Waals surface area contributed by atoms with Crippen LogP contribution in [0.3, 0.4) is 0 Å². The van der Waals surface area contributed by atoms with Gasteiger partial charge in [-0.15, -0.1) is 0 Å². The first-order valence-corrected chi connectivity index (χ1v) is 7.87. The predicted molar refractivity (Wildman–Crippen MR) is 81.2 cm³/mol. The third-order valence-corrected chi connectivity index (χ3v) is 5.05. The molecule has 0 bridgehead atoms. The molecule has 110 valence electrons. The van der Waals surface area contributed by atoms with E-state index in [1.807, 2.05) is 18.6 Å². The van der Waals surface area contributed by atoms with Crippen LogP contribution in [0, 0.1) is 0 Å². The Morgan fingerprint density at radius 2 is 2.19 bits per heavy atom. The number of imidazole rings is 1. The van der Waals surface area contributed by atoms with Gasteiger partial charge in [-0.25, -0.2) is 4.98 Å². The zero-order valence-corrected chi connectivity index (χ0v) is 12.1. The molecule has 3 atom stereocenters. The molecule has 0 saturated heterocycles. The van der Waals surface area contributed by atoms with Gasteiger partial charge in [-0.05, 0) is 49.3 Å². The first kappa shape index (κ1) is 12.9. The lowest BCUT2D eigenvalue weighted by atomic mass is 10.0. The lowest BCUT2D eigenvalue weighted by Crippen LogP contribution is -2.35. The number of aromatic hydroxyl groups is 1. The summed E-state index contributed by atoms with van der Waals surface area (Å²) in [6.07, 6.45) is 11.6. The van der Waals surface area contributed by atoms with Crippen molar-refractivity contribution < 1.29 is 5.11 Å². The van der Waals surface area contributed by atoms with Crippen LogP contribution in [-0.2, 0) is 6.42 Å². The molecule has 3 unspecified atom stereocenters. The normalized spacial score (nSPS) is 27.9. The molecule has 2 aromatic rings. The van der Waals surface area contributed by atoms with Gasteiger partial charge in [-0.1, -0.05) is 12.1 Å². The van der Waals surface area contributed by atoms with Crippen molar-refractivity contribution in [1.29, 1.82) is 0 Å². The van der Waals surface area contributed by atoms with Gasteiger partial charge in [0.25, 0.3) is 0 Å². The van der Waals surface area contributed by atoms with Crippen molar-refractivity contribution in [3.63, 3.8) is 0 Å². The lowest BCUT2D eigenvalue weighted by molar-refractivity contribution is 0.352. The molecule has 4 rings (SSSR count). The van der Waals surface area contributed by atoms with Crippen LogP contribution in [0.25, 0.3) is 0 Å². The zero-order chi connectivity index (χ0) is 14.2. The molecule has 21 heavy (non-hydrogen) atoms. The summed E-state index contributed by atoms with van der Waals surface area (Å²) in [5.74, 6) is 0.453. The van der Waals surface area contributed by atoms with E-state index in [1.165, 1.54) is 24.8 Å². The summed E-state index contributed by atoms with van der Waals surface area (Å²) in [5, 5.41) is 13.8. The minimum Gasteiger partial charge on any atom is -0.508 e. The number of fused-ring (bicyclic) bond motifs is 1. The summed E-state index contributed by atoms with van der Waals surface area (Å²) < 4.78 is 2.24. The molecule has 1 aromatic heterocycles. The third kappa shape index (κ3) is 2.23. The quantitative estimate of drug-likeness (QED) is 0.910. The molecule has 4 nitrogen and oxygen atoms in total. The number of nitrogens with one attached hydrogen (secondary N) is 1. The summed E-state index contributed by atoms with van der Waals surface area (Å²) in [6.45, 7) is 0. The number of phenolic OH excluding ortho intramolecular Hbond substituents is 1. The largest absolute Gasteiger partial charge is 0.508 e. The molecule has 1 fully saturated rings. The van der Waals surface area contributed by atoms with Crippen molar-refractivity contribution in [2.75, 3.05) is 0 Å². The van der Waals surface area contributed by atoms with Crippen molar-refractivity contribution in [2.45, 2.75) is 50.2 Å². The van der Waals surface area contributed by atoms with Gasteiger partial charge < -0.3 is 15.0 Å². The molecule has 2 aliphatic carbocycles. The van der Waals surface area contributed by atoms with Crippen LogP contribution in [0.15, 0.2) is 36.9 Å². The Balaban J connectivity index is 1.54. The predicted octanol–water partition coefficient (Wildman–Crippen LogP) is 2.96. The molecule has 2 N–H and O–H groups in total. The highest BCUT2D eigenvalue weighted by Gasteiger charge is 2.33. The molecule has 1 aromatic carbocycles. The second-order valence-corrected chi connectivity index (χ2v) is 6.22. The van der Waals surface area contributed by atoms with Crippen LogP contribution in [-0.4, -0.2) is 20.7 Å². The number of benzene rings is 1. The second-order valence-electron chi connectivity index (χ2n) is 6.22. The summed E-state index contributed by atoms with van der Waals surface area (Å²) in [7, 11) is 0. The number of hydrogen-bond donors (Lipinski definition) is 2. The smallest absolute Gasteiger partial charge is 0.119 e. The maximum atomic E-state index is 9.97. The van der Waals surface area contributed by atoms with Gasteiger partial charge in [0.2, 0.25) is 0 Å². The Morgan fingerprint density at radius 1 is 1.24 bits per heavy atom. The van der Waals surface area contributed by atoms with Crippen molar-refractivity contribution in [3.05, 3.63) is 48.0 Å². The van der Waals surface area contributed by atoms with Crippen molar-refractivity contribution in [3.8, 4) is 5.75 Å². The first-order chi connectivity index (χ1) is 10.3. The van der Waals surface area contributed by atoms with Gasteiger partial charge in [0.1, 0.15) is 5.75 Å². The maximum absolute atomic E-state index is 9.97. The maximum Gasteiger partial charge on any atom is 0.119 e. The molecular weight excluding hydrogens is 262 g/mol. The number of rotatable bonds is 3. The highest BCUT2D eigenvalue weighted by Crippen LogP contribution is 2.39. The van der Waals surface area contributed by atoms with Crippen LogP contribution in [0.1, 0.15) is 48.9 Å². The fourth-order valence-corrected chi connectivity index (χ4v) is 4.02. The van der Waals surface area contributed by atoms with Crippen molar-refractivity contribution in [2.24, 2.45) is 0 Å².